The van der Waals surface area contributed by atoms with Crippen molar-refractivity contribution in [2.75, 3.05) is 18.4 Å². The zero-order valence-corrected chi connectivity index (χ0v) is 10.8. The molecule has 110 valence electrons. The lowest BCUT2D eigenvalue weighted by atomic mass is 10.1. The zero-order valence-electron chi connectivity index (χ0n) is 10.8. The fourth-order valence-corrected chi connectivity index (χ4v) is 2.16. The highest BCUT2D eigenvalue weighted by Crippen LogP contribution is 2.34. The van der Waals surface area contributed by atoms with E-state index in [2.05, 4.69) is 16.0 Å². The molecule has 0 bridgehead atoms. The predicted molar refractivity (Wildman–Crippen MR) is 69.5 cm³/mol. The van der Waals surface area contributed by atoms with Gasteiger partial charge in [-0.3, -0.25) is 0 Å². The Balaban J connectivity index is 2.00. The number of nitrogens with one attached hydrogen (secondary N) is 3. The number of hydrogen-bond acceptors (Lipinski definition) is 2. The second kappa shape index (κ2) is 6.13. The average Bonchev–Trinajstić information content (AvgIpc) is 2.39. The molecule has 1 aliphatic heterocycles. The van der Waals surface area contributed by atoms with Crippen LogP contribution >= 0.6 is 0 Å². The summed E-state index contributed by atoms with van der Waals surface area (Å²) in [7, 11) is 0. The van der Waals surface area contributed by atoms with Crippen LogP contribution in [0.15, 0.2) is 24.3 Å². The van der Waals surface area contributed by atoms with E-state index in [0.29, 0.717) is 6.54 Å². The van der Waals surface area contributed by atoms with Crippen LogP contribution in [0.3, 0.4) is 0 Å². The van der Waals surface area contributed by atoms with Gasteiger partial charge in [-0.2, -0.15) is 13.2 Å². The molecule has 2 amide bonds. The molecule has 1 atom stereocenters. The van der Waals surface area contributed by atoms with Crippen molar-refractivity contribution in [2.24, 2.45) is 0 Å². The third kappa shape index (κ3) is 3.86. The Hall–Kier alpha value is -1.76. The largest absolute Gasteiger partial charge is 0.418 e. The minimum absolute atomic E-state index is 0.0539. The number of halogens is 3. The smallest absolute Gasteiger partial charge is 0.334 e. The first-order valence-electron chi connectivity index (χ1n) is 6.41. The van der Waals surface area contributed by atoms with E-state index >= 15 is 0 Å². The van der Waals surface area contributed by atoms with Gasteiger partial charge in [0.1, 0.15) is 0 Å². The van der Waals surface area contributed by atoms with Crippen molar-refractivity contribution in [3.05, 3.63) is 29.8 Å². The van der Waals surface area contributed by atoms with Crippen LogP contribution in [0.25, 0.3) is 0 Å². The Bertz CT molecular complexity index is 470. The van der Waals surface area contributed by atoms with E-state index in [0.717, 1.165) is 25.5 Å². The topological polar surface area (TPSA) is 53.2 Å². The van der Waals surface area contributed by atoms with E-state index < -0.39 is 17.8 Å². The Morgan fingerprint density at radius 2 is 2.05 bits per heavy atom. The molecule has 0 aliphatic carbocycles. The molecule has 1 saturated heterocycles. The van der Waals surface area contributed by atoms with Crippen LogP contribution in [0.1, 0.15) is 18.4 Å². The molecule has 3 N–H and O–H groups in total. The first-order valence-corrected chi connectivity index (χ1v) is 6.41. The summed E-state index contributed by atoms with van der Waals surface area (Å²) in [4.78, 5) is 11.7. The molecule has 1 fully saturated rings. The lowest BCUT2D eigenvalue weighted by Gasteiger charge is -2.24. The van der Waals surface area contributed by atoms with Crippen molar-refractivity contribution in [2.45, 2.75) is 25.1 Å². The number of piperidine rings is 1. The molecule has 1 aromatic carbocycles. The van der Waals surface area contributed by atoms with Gasteiger partial charge < -0.3 is 16.0 Å². The van der Waals surface area contributed by atoms with Crippen LogP contribution in [0, 0.1) is 0 Å². The summed E-state index contributed by atoms with van der Waals surface area (Å²) in [6, 6.07) is 4.25. The van der Waals surface area contributed by atoms with E-state index in [9.17, 15) is 18.0 Å². The number of hydrogen-bond donors (Lipinski definition) is 3. The van der Waals surface area contributed by atoms with Gasteiger partial charge in [-0.1, -0.05) is 12.1 Å². The minimum Gasteiger partial charge on any atom is -0.334 e. The average molecular weight is 287 g/mol. The quantitative estimate of drug-likeness (QED) is 0.783. The van der Waals surface area contributed by atoms with E-state index in [-0.39, 0.29) is 11.7 Å². The number of carbonyl (C=O) groups is 1. The number of carbonyl (C=O) groups excluding carboxylic acids is 1. The maximum Gasteiger partial charge on any atom is 0.418 e. The summed E-state index contributed by atoms with van der Waals surface area (Å²) in [6.07, 6.45) is -2.73. The normalized spacial score (nSPS) is 19.4. The van der Waals surface area contributed by atoms with Crippen molar-refractivity contribution >= 4 is 11.7 Å². The van der Waals surface area contributed by atoms with E-state index in [1.807, 2.05) is 0 Å². The lowest BCUT2D eigenvalue weighted by molar-refractivity contribution is -0.136. The van der Waals surface area contributed by atoms with Gasteiger partial charge in [0, 0.05) is 12.6 Å². The number of urea groups is 1. The fourth-order valence-electron chi connectivity index (χ4n) is 2.16. The molecular formula is C13H16F3N3O. The predicted octanol–water partition coefficient (Wildman–Crippen LogP) is 2.58. The number of anilines is 1. The summed E-state index contributed by atoms with van der Waals surface area (Å²) in [5, 5.41) is 8.05. The van der Waals surface area contributed by atoms with Gasteiger partial charge in [-0.15, -0.1) is 0 Å². The van der Waals surface area contributed by atoms with Crippen molar-refractivity contribution in [1.29, 1.82) is 0 Å². The third-order valence-corrected chi connectivity index (χ3v) is 3.11. The maximum absolute atomic E-state index is 12.8. The van der Waals surface area contributed by atoms with Gasteiger partial charge in [0.05, 0.1) is 11.3 Å². The van der Waals surface area contributed by atoms with Crippen molar-refractivity contribution in [3.8, 4) is 0 Å². The van der Waals surface area contributed by atoms with Crippen LogP contribution in [0.5, 0.6) is 0 Å². The van der Waals surface area contributed by atoms with Gasteiger partial charge in [0.25, 0.3) is 0 Å². The highest BCUT2D eigenvalue weighted by Gasteiger charge is 2.33. The Labute approximate surface area is 114 Å². The summed E-state index contributed by atoms with van der Waals surface area (Å²) in [5.41, 5.74) is -1.09. The molecule has 1 aliphatic rings. The van der Waals surface area contributed by atoms with E-state index in [4.69, 9.17) is 0 Å². The molecule has 0 aromatic heterocycles. The zero-order chi connectivity index (χ0) is 14.6. The molecule has 0 radical (unpaired) electrons. The van der Waals surface area contributed by atoms with Crippen molar-refractivity contribution in [3.63, 3.8) is 0 Å². The van der Waals surface area contributed by atoms with Crippen LogP contribution in [0.2, 0.25) is 0 Å². The summed E-state index contributed by atoms with van der Waals surface area (Å²) < 4.78 is 38.3. The number of alkyl halides is 3. The van der Waals surface area contributed by atoms with E-state index in [1.54, 1.807) is 0 Å². The molecule has 0 saturated carbocycles. The van der Waals surface area contributed by atoms with Gasteiger partial charge in [-0.05, 0) is 31.5 Å². The summed E-state index contributed by atoms with van der Waals surface area (Å²) in [5.74, 6) is 0. The first kappa shape index (κ1) is 14.6. The molecule has 7 heteroatoms. The summed E-state index contributed by atoms with van der Waals surface area (Å²) >= 11 is 0. The minimum atomic E-state index is -4.49. The lowest BCUT2D eigenvalue weighted by Crippen LogP contribution is -2.47. The van der Waals surface area contributed by atoms with Gasteiger partial charge in [0.15, 0.2) is 0 Å². The number of rotatable bonds is 2. The molecule has 4 nitrogen and oxygen atoms in total. The van der Waals surface area contributed by atoms with Gasteiger partial charge in [-0.25, -0.2) is 4.79 Å². The van der Waals surface area contributed by atoms with Crippen molar-refractivity contribution in [1.82, 2.24) is 10.6 Å². The van der Waals surface area contributed by atoms with Crippen LogP contribution in [0.4, 0.5) is 23.7 Å². The highest BCUT2D eigenvalue weighted by atomic mass is 19.4. The van der Waals surface area contributed by atoms with Crippen LogP contribution < -0.4 is 16.0 Å². The van der Waals surface area contributed by atoms with Gasteiger partial charge >= 0.3 is 12.2 Å². The second-order valence-corrected chi connectivity index (χ2v) is 4.69. The van der Waals surface area contributed by atoms with Crippen LogP contribution in [-0.2, 0) is 6.18 Å². The van der Waals surface area contributed by atoms with Gasteiger partial charge in [0.2, 0.25) is 0 Å². The second-order valence-electron chi connectivity index (χ2n) is 4.69. The Kier molecular flexibility index (Phi) is 4.49. The molecule has 1 heterocycles. The SMILES string of the molecule is O=C(Nc1ccccc1C(F)(F)F)NC1CCCNC1. The third-order valence-electron chi connectivity index (χ3n) is 3.11. The summed E-state index contributed by atoms with van der Waals surface area (Å²) in [6.45, 7) is 1.53. The standard InChI is InChI=1S/C13H16F3N3O/c14-13(15,16)10-5-1-2-6-11(10)19-12(20)18-9-4-3-7-17-8-9/h1-2,5-6,9,17H,3-4,7-8H2,(H2,18,19,20). The molecule has 20 heavy (non-hydrogen) atoms. The molecule has 0 spiro atoms. The fraction of sp³-hybridized carbons (Fsp3) is 0.462. The molecule has 2 rings (SSSR count). The molecule has 1 aromatic rings. The molecular weight excluding hydrogens is 271 g/mol. The van der Waals surface area contributed by atoms with Crippen LogP contribution in [-0.4, -0.2) is 25.2 Å². The number of para-hydroxylation sites is 1. The van der Waals surface area contributed by atoms with E-state index in [1.165, 1.54) is 18.2 Å². The first-order chi connectivity index (χ1) is 9.47. The Morgan fingerprint density at radius 3 is 2.70 bits per heavy atom. The molecule has 1 unspecified atom stereocenters. The number of benzene rings is 1. The Morgan fingerprint density at radius 1 is 1.30 bits per heavy atom. The monoisotopic (exact) mass is 287 g/mol. The number of amides is 2. The van der Waals surface area contributed by atoms with Crippen molar-refractivity contribution < 1.29 is 18.0 Å². The highest BCUT2D eigenvalue weighted by molar-refractivity contribution is 5.90. The maximum atomic E-state index is 12.8.